The summed E-state index contributed by atoms with van der Waals surface area (Å²) < 4.78 is 0. The van der Waals surface area contributed by atoms with Crippen LogP contribution in [0.2, 0.25) is 0 Å². The summed E-state index contributed by atoms with van der Waals surface area (Å²) in [6, 6.07) is 11.5. The smallest absolute Gasteiger partial charge is 0.0569 e. The molecule has 2 heterocycles. The standard InChI is InChI=1S/C17H21N3/c1-12-4-6-14(7-5-12)19-16-10-13(2)20(3)17-8-9-18-11-15(16)17/h4-9,11,13,16,19H,10H2,1-3H3. The third-order valence-electron chi connectivity index (χ3n) is 4.21. The molecule has 0 spiro atoms. The van der Waals surface area contributed by atoms with Crippen molar-refractivity contribution in [3.63, 3.8) is 0 Å². The molecule has 2 aromatic rings. The first-order valence-electron chi connectivity index (χ1n) is 7.15. The molecule has 1 aliphatic rings. The van der Waals surface area contributed by atoms with Crippen molar-refractivity contribution >= 4 is 11.4 Å². The zero-order valence-corrected chi connectivity index (χ0v) is 12.3. The molecule has 104 valence electrons. The van der Waals surface area contributed by atoms with Crippen molar-refractivity contribution < 1.29 is 0 Å². The summed E-state index contributed by atoms with van der Waals surface area (Å²) in [7, 11) is 2.16. The minimum Gasteiger partial charge on any atom is -0.378 e. The number of fused-ring (bicyclic) bond motifs is 1. The number of aryl methyl sites for hydroxylation is 1. The van der Waals surface area contributed by atoms with Crippen LogP contribution in [0.3, 0.4) is 0 Å². The highest BCUT2D eigenvalue weighted by Crippen LogP contribution is 2.37. The number of nitrogens with zero attached hydrogens (tertiary/aromatic N) is 2. The summed E-state index contributed by atoms with van der Waals surface area (Å²) in [5.74, 6) is 0. The molecule has 1 aromatic carbocycles. The fourth-order valence-corrected chi connectivity index (χ4v) is 2.84. The molecule has 0 bridgehead atoms. The van der Waals surface area contributed by atoms with Crippen LogP contribution in [0.1, 0.15) is 30.5 Å². The number of benzene rings is 1. The highest BCUT2D eigenvalue weighted by Gasteiger charge is 2.27. The molecule has 3 rings (SSSR count). The predicted octanol–water partition coefficient (Wildman–Crippen LogP) is 3.77. The Morgan fingerprint density at radius 1 is 1.20 bits per heavy atom. The lowest BCUT2D eigenvalue weighted by molar-refractivity contribution is 0.539. The summed E-state index contributed by atoms with van der Waals surface area (Å²) in [5.41, 5.74) is 5.03. The molecule has 0 saturated heterocycles. The first-order chi connectivity index (χ1) is 9.65. The average Bonchev–Trinajstić information content (AvgIpc) is 2.47. The Kier molecular flexibility index (Phi) is 3.35. The molecule has 0 amide bonds. The van der Waals surface area contributed by atoms with Gasteiger partial charge in [-0.1, -0.05) is 17.7 Å². The number of hydrogen-bond acceptors (Lipinski definition) is 3. The first kappa shape index (κ1) is 13.0. The molecular formula is C17H21N3. The Hall–Kier alpha value is -2.03. The highest BCUT2D eigenvalue weighted by atomic mass is 15.2. The molecule has 2 atom stereocenters. The van der Waals surface area contributed by atoms with Crippen molar-refractivity contribution in [2.24, 2.45) is 0 Å². The van der Waals surface area contributed by atoms with Crippen LogP contribution < -0.4 is 10.2 Å². The number of aromatic nitrogens is 1. The quantitative estimate of drug-likeness (QED) is 0.897. The first-order valence-corrected chi connectivity index (χ1v) is 7.15. The fraction of sp³-hybridized carbons (Fsp3) is 0.353. The zero-order chi connectivity index (χ0) is 14.1. The van der Waals surface area contributed by atoms with Gasteiger partial charge in [0.25, 0.3) is 0 Å². The normalized spacial score (nSPS) is 21.4. The Morgan fingerprint density at radius 3 is 2.70 bits per heavy atom. The molecule has 1 N–H and O–H groups in total. The summed E-state index contributed by atoms with van der Waals surface area (Å²) in [6.07, 6.45) is 4.95. The summed E-state index contributed by atoms with van der Waals surface area (Å²) >= 11 is 0. The van der Waals surface area contributed by atoms with E-state index < -0.39 is 0 Å². The molecule has 3 heteroatoms. The van der Waals surface area contributed by atoms with Crippen molar-refractivity contribution in [2.45, 2.75) is 32.4 Å². The van der Waals surface area contributed by atoms with E-state index in [9.17, 15) is 0 Å². The maximum atomic E-state index is 4.30. The third kappa shape index (κ3) is 2.36. The van der Waals surface area contributed by atoms with Gasteiger partial charge in [-0.3, -0.25) is 4.98 Å². The molecule has 0 radical (unpaired) electrons. The van der Waals surface area contributed by atoms with E-state index in [1.807, 2.05) is 12.4 Å². The number of pyridine rings is 1. The lowest BCUT2D eigenvalue weighted by Crippen LogP contribution is -2.37. The van der Waals surface area contributed by atoms with Gasteiger partial charge in [0, 0.05) is 42.4 Å². The zero-order valence-electron chi connectivity index (χ0n) is 12.3. The van der Waals surface area contributed by atoms with Crippen molar-refractivity contribution in [2.75, 3.05) is 17.3 Å². The van der Waals surface area contributed by atoms with Crippen LogP contribution >= 0.6 is 0 Å². The molecule has 20 heavy (non-hydrogen) atoms. The van der Waals surface area contributed by atoms with Crippen LogP contribution in [-0.2, 0) is 0 Å². The maximum Gasteiger partial charge on any atom is 0.0569 e. The van der Waals surface area contributed by atoms with Gasteiger partial charge < -0.3 is 10.2 Å². The predicted molar refractivity (Wildman–Crippen MR) is 84.3 cm³/mol. The number of nitrogens with one attached hydrogen (secondary N) is 1. The van der Waals surface area contributed by atoms with Crippen molar-refractivity contribution in [3.05, 3.63) is 53.9 Å². The molecule has 2 unspecified atom stereocenters. The molecule has 1 aliphatic heterocycles. The summed E-state index contributed by atoms with van der Waals surface area (Å²) in [4.78, 5) is 6.63. The van der Waals surface area contributed by atoms with Gasteiger partial charge in [0.2, 0.25) is 0 Å². The van der Waals surface area contributed by atoms with E-state index in [-0.39, 0.29) is 0 Å². The van der Waals surface area contributed by atoms with Crippen molar-refractivity contribution in [3.8, 4) is 0 Å². The van der Waals surface area contributed by atoms with E-state index in [0.717, 1.165) is 6.42 Å². The summed E-state index contributed by atoms with van der Waals surface area (Å²) in [5, 5.41) is 3.65. The van der Waals surface area contributed by atoms with Crippen LogP contribution in [0.5, 0.6) is 0 Å². The summed E-state index contributed by atoms with van der Waals surface area (Å²) in [6.45, 7) is 4.38. The van der Waals surface area contributed by atoms with E-state index in [1.165, 1.54) is 22.5 Å². The van der Waals surface area contributed by atoms with E-state index in [0.29, 0.717) is 12.1 Å². The number of hydrogen-bond donors (Lipinski definition) is 1. The van der Waals surface area contributed by atoms with Gasteiger partial charge in [-0.05, 0) is 38.5 Å². The topological polar surface area (TPSA) is 28.2 Å². The van der Waals surface area contributed by atoms with Crippen LogP contribution in [0.25, 0.3) is 0 Å². The van der Waals surface area contributed by atoms with Gasteiger partial charge in [0.1, 0.15) is 0 Å². The Morgan fingerprint density at radius 2 is 1.95 bits per heavy atom. The largest absolute Gasteiger partial charge is 0.378 e. The lowest BCUT2D eigenvalue weighted by atomic mass is 9.93. The number of anilines is 2. The van der Waals surface area contributed by atoms with Crippen LogP contribution in [0.15, 0.2) is 42.7 Å². The van der Waals surface area contributed by atoms with Gasteiger partial charge >= 0.3 is 0 Å². The van der Waals surface area contributed by atoms with Crippen molar-refractivity contribution in [1.29, 1.82) is 0 Å². The Labute approximate surface area is 120 Å². The van der Waals surface area contributed by atoms with E-state index in [2.05, 4.69) is 66.4 Å². The molecular weight excluding hydrogens is 246 g/mol. The molecule has 1 aromatic heterocycles. The van der Waals surface area contributed by atoms with Gasteiger partial charge in [-0.2, -0.15) is 0 Å². The number of rotatable bonds is 2. The highest BCUT2D eigenvalue weighted by molar-refractivity contribution is 5.59. The average molecular weight is 267 g/mol. The van der Waals surface area contributed by atoms with Gasteiger partial charge in [-0.15, -0.1) is 0 Å². The molecule has 0 aliphatic carbocycles. The second kappa shape index (κ2) is 5.16. The maximum absolute atomic E-state index is 4.30. The lowest BCUT2D eigenvalue weighted by Gasteiger charge is -2.38. The Balaban J connectivity index is 1.90. The van der Waals surface area contributed by atoms with Gasteiger partial charge in [0.15, 0.2) is 0 Å². The monoisotopic (exact) mass is 267 g/mol. The van der Waals surface area contributed by atoms with Gasteiger partial charge in [-0.25, -0.2) is 0 Å². The van der Waals surface area contributed by atoms with Crippen LogP contribution in [0.4, 0.5) is 11.4 Å². The van der Waals surface area contributed by atoms with Crippen LogP contribution in [0, 0.1) is 6.92 Å². The second-order valence-electron chi connectivity index (χ2n) is 5.69. The molecule has 0 saturated carbocycles. The van der Waals surface area contributed by atoms with E-state index in [4.69, 9.17) is 0 Å². The third-order valence-corrected chi connectivity index (χ3v) is 4.21. The van der Waals surface area contributed by atoms with E-state index in [1.54, 1.807) is 0 Å². The second-order valence-corrected chi connectivity index (χ2v) is 5.69. The Bertz CT molecular complexity index is 591. The van der Waals surface area contributed by atoms with Gasteiger partial charge in [0.05, 0.1) is 6.04 Å². The van der Waals surface area contributed by atoms with Crippen molar-refractivity contribution in [1.82, 2.24) is 4.98 Å². The SMILES string of the molecule is Cc1ccc(NC2CC(C)N(C)c3ccncc32)cc1. The molecule has 3 nitrogen and oxygen atoms in total. The van der Waals surface area contributed by atoms with E-state index >= 15 is 0 Å². The van der Waals surface area contributed by atoms with Crippen LogP contribution in [-0.4, -0.2) is 18.1 Å². The fourth-order valence-electron chi connectivity index (χ4n) is 2.84. The minimum atomic E-state index is 0.326. The minimum absolute atomic E-state index is 0.326. The molecule has 0 fully saturated rings.